The van der Waals surface area contributed by atoms with Crippen LogP contribution in [0, 0.1) is 0 Å². The van der Waals surface area contributed by atoms with Gasteiger partial charge in [0, 0.05) is 16.6 Å². The third-order valence-electron chi connectivity index (χ3n) is 2.54. The summed E-state index contributed by atoms with van der Waals surface area (Å²) in [6.07, 6.45) is 3.43. The quantitative estimate of drug-likeness (QED) is 0.821. The molecule has 1 heterocycles. The fourth-order valence-corrected chi connectivity index (χ4v) is 1.98. The minimum Gasteiger partial charge on any atom is -0.380 e. The van der Waals surface area contributed by atoms with Crippen LogP contribution in [0.4, 0.5) is 11.5 Å². The van der Waals surface area contributed by atoms with Gasteiger partial charge in [-0.05, 0) is 30.3 Å². The summed E-state index contributed by atoms with van der Waals surface area (Å²) in [5.41, 5.74) is 1.46. The first-order valence-electron chi connectivity index (χ1n) is 6.07. The van der Waals surface area contributed by atoms with Crippen LogP contribution in [0.5, 0.6) is 0 Å². The maximum absolute atomic E-state index is 12.0. The van der Waals surface area contributed by atoms with Crippen LogP contribution in [-0.2, 0) is 0 Å². The molecule has 0 aliphatic rings. The van der Waals surface area contributed by atoms with Crippen molar-refractivity contribution < 1.29 is 4.79 Å². The van der Waals surface area contributed by atoms with Crippen molar-refractivity contribution in [1.82, 2.24) is 4.98 Å². The van der Waals surface area contributed by atoms with Gasteiger partial charge in [-0.1, -0.05) is 28.1 Å². The van der Waals surface area contributed by atoms with E-state index in [9.17, 15) is 4.79 Å². The van der Waals surface area contributed by atoms with E-state index in [1.54, 1.807) is 30.5 Å². The Balaban J connectivity index is 2.02. The summed E-state index contributed by atoms with van der Waals surface area (Å²) < 4.78 is 0.863. The molecule has 0 atom stereocenters. The van der Waals surface area contributed by atoms with Gasteiger partial charge in [0.1, 0.15) is 5.82 Å². The molecule has 0 radical (unpaired) electrons. The number of nitrogens with one attached hydrogen (secondary N) is 2. The maximum Gasteiger partial charge on any atom is 0.256 e. The molecule has 4 nitrogen and oxygen atoms in total. The summed E-state index contributed by atoms with van der Waals surface area (Å²) >= 11 is 3.34. The molecule has 1 aromatic carbocycles. The Hall–Kier alpha value is -2.14. The van der Waals surface area contributed by atoms with Gasteiger partial charge in [-0.3, -0.25) is 4.79 Å². The van der Waals surface area contributed by atoms with Crippen molar-refractivity contribution in [2.75, 3.05) is 17.2 Å². The summed E-state index contributed by atoms with van der Waals surface area (Å²) in [4.78, 5) is 16.2. The van der Waals surface area contributed by atoms with Crippen molar-refractivity contribution in [2.45, 2.75) is 0 Å². The van der Waals surface area contributed by atoms with E-state index in [4.69, 9.17) is 0 Å². The van der Waals surface area contributed by atoms with Crippen LogP contribution in [0.15, 0.2) is 59.7 Å². The summed E-state index contributed by atoms with van der Waals surface area (Å²) in [6.45, 7) is 4.30. The topological polar surface area (TPSA) is 54.0 Å². The molecule has 102 valence electrons. The number of benzene rings is 1. The molecule has 2 rings (SSSR count). The van der Waals surface area contributed by atoms with Crippen molar-refractivity contribution >= 4 is 33.3 Å². The SMILES string of the molecule is C=CCNc1ccc(NC(=O)c2cccc(Br)c2)nc1. The number of carbonyl (C=O) groups excluding carboxylic acids is 1. The molecule has 5 heteroatoms. The molecular weight excluding hydrogens is 318 g/mol. The second-order valence-corrected chi connectivity index (χ2v) is 4.98. The number of pyridine rings is 1. The number of hydrogen-bond acceptors (Lipinski definition) is 3. The molecule has 0 aliphatic carbocycles. The number of anilines is 2. The average molecular weight is 332 g/mol. The molecule has 0 fully saturated rings. The first kappa shape index (κ1) is 14.3. The Kier molecular flexibility index (Phi) is 4.90. The molecule has 0 spiro atoms. The lowest BCUT2D eigenvalue weighted by Crippen LogP contribution is -2.12. The van der Waals surface area contributed by atoms with Gasteiger partial charge in [0.05, 0.1) is 11.9 Å². The minimum atomic E-state index is -0.189. The second kappa shape index (κ2) is 6.86. The van der Waals surface area contributed by atoms with Crippen LogP contribution in [0.2, 0.25) is 0 Å². The van der Waals surface area contributed by atoms with E-state index in [0.29, 0.717) is 17.9 Å². The van der Waals surface area contributed by atoms with Crippen LogP contribution in [-0.4, -0.2) is 17.4 Å². The minimum absolute atomic E-state index is 0.189. The Morgan fingerprint density at radius 3 is 2.85 bits per heavy atom. The number of rotatable bonds is 5. The Morgan fingerprint density at radius 1 is 1.35 bits per heavy atom. The molecule has 20 heavy (non-hydrogen) atoms. The Bertz CT molecular complexity index is 611. The van der Waals surface area contributed by atoms with Crippen LogP contribution in [0.25, 0.3) is 0 Å². The Labute approximate surface area is 126 Å². The predicted molar refractivity (Wildman–Crippen MR) is 85.0 cm³/mol. The number of amides is 1. The zero-order valence-electron chi connectivity index (χ0n) is 10.8. The van der Waals surface area contributed by atoms with Crippen LogP contribution < -0.4 is 10.6 Å². The molecule has 1 amide bonds. The van der Waals surface area contributed by atoms with E-state index < -0.39 is 0 Å². The number of carbonyl (C=O) groups is 1. The molecule has 0 bridgehead atoms. The zero-order chi connectivity index (χ0) is 14.4. The van der Waals surface area contributed by atoms with Crippen molar-refractivity contribution in [1.29, 1.82) is 0 Å². The van der Waals surface area contributed by atoms with Crippen LogP contribution in [0.1, 0.15) is 10.4 Å². The van der Waals surface area contributed by atoms with Gasteiger partial charge in [-0.15, -0.1) is 6.58 Å². The molecule has 0 unspecified atom stereocenters. The predicted octanol–water partition coefficient (Wildman–Crippen LogP) is 3.69. The molecule has 0 aliphatic heterocycles. The highest BCUT2D eigenvalue weighted by Crippen LogP contribution is 2.14. The van der Waals surface area contributed by atoms with Crippen molar-refractivity contribution in [3.8, 4) is 0 Å². The number of nitrogens with zero attached hydrogens (tertiary/aromatic N) is 1. The van der Waals surface area contributed by atoms with E-state index >= 15 is 0 Å². The number of halogens is 1. The van der Waals surface area contributed by atoms with E-state index in [0.717, 1.165) is 10.2 Å². The van der Waals surface area contributed by atoms with Crippen LogP contribution >= 0.6 is 15.9 Å². The highest BCUT2D eigenvalue weighted by atomic mass is 79.9. The fraction of sp³-hybridized carbons (Fsp3) is 0.0667. The van der Waals surface area contributed by atoms with Gasteiger partial charge < -0.3 is 10.6 Å². The third kappa shape index (κ3) is 3.93. The molecule has 0 saturated carbocycles. The zero-order valence-corrected chi connectivity index (χ0v) is 12.4. The lowest BCUT2D eigenvalue weighted by Gasteiger charge is -2.06. The highest BCUT2D eigenvalue weighted by Gasteiger charge is 2.06. The summed E-state index contributed by atoms with van der Waals surface area (Å²) in [5, 5.41) is 5.86. The summed E-state index contributed by atoms with van der Waals surface area (Å²) in [5.74, 6) is 0.324. The summed E-state index contributed by atoms with van der Waals surface area (Å²) in [6, 6.07) is 10.8. The largest absolute Gasteiger partial charge is 0.380 e. The van der Waals surface area contributed by atoms with Crippen LogP contribution in [0.3, 0.4) is 0 Å². The van der Waals surface area contributed by atoms with E-state index in [-0.39, 0.29) is 5.91 Å². The third-order valence-corrected chi connectivity index (χ3v) is 3.04. The molecule has 0 saturated heterocycles. The highest BCUT2D eigenvalue weighted by molar-refractivity contribution is 9.10. The first-order valence-corrected chi connectivity index (χ1v) is 6.86. The number of aromatic nitrogens is 1. The van der Waals surface area contributed by atoms with Crippen molar-refractivity contribution in [3.05, 3.63) is 65.3 Å². The van der Waals surface area contributed by atoms with Gasteiger partial charge in [0.25, 0.3) is 5.91 Å². The van der Waals surface area contributed by atoms with Gasteiger partial charge in [0.2, 0.25) is 0 Å². The average Bonchev–Trinajstić information content (AvgIpc) is 2.46. The van der Waals surface area contributed by atoms with Crippen molar-refractivity contribution in [2.24, 2.45) is 0 Å². The second-order valence-electron chi connectivity index (χ2n) is 4.07. The Morgan fingerprint density at radius 2 is 2.20 bits per heavy atom. The van der Waals surface area contributed by atoms with E-state index in [1.807, 2.05) is 18.2 Å². The normalized spacial score (nSPS) is 9.85. The first-order chi connectivity index (χ1) is 9.69. The van der Waals surface area contributed by atoms with Gasteiger partial charge in [0.15, 0.2) is 0 Å². The standard InChI is InChI=1S/C15H14BrN3O/c1-2-8-17-13-6-7-14(18-10-13)19-15(20)11-4-3-5-12(16)9-11/h2-7,9-10,17H,1,8H2,(H,18,19,20). The molecular formula is C15H14BrN3O. The summed E-state index contributed by atoms with van der Waals surface area (Å²) in [7, 11) is 0. The molecule has 1 aromatic heterocycles. The molecule has 2 N–H and O–H groups in total. The number of hydrogen-bond donors (Lipinski definition) is 2. The lowest BCUT2D eigenvalue weighted by molar-refractivity contribution is 0.102. The van der Waals surface area contributed by atoms with E-state index in [1.165, 1.54) is 0 Å². The molecule has 2 aromatic rings. The van der Waals surface area contributed by atoms with E-state index in [2.05, 4.69) is 38.1 Å². The lowest BCUT2D eigenvalue weighted by atomic mass is 10.2. The monoisotopic (exact) mass is 331 g/mol. The smallest absolute Gasteiger partial charge is 0.256 e. The maximum atomic E-state index is 12.0. The van der Waals surface area contributed by atoms with Gasteiger partial charge in [-0.2, -0.15) is 0 Å². The van der Waals surface area contributed by atoms with Crippen molar-refractivity contribution in [3.63, 3.8) is 0 Å². The fourth-order valence-electron chi connectivity index (χ4n) is 1.58. The van der Waals surface area contributed by atoms with Gasteiger partial charge >= 0.3 is 0 Å². The van der Waals surface area contributed by atoms with Gasteiger partial charge in [-0.25, -0.2) is 4.98 Å².